The van der Waals surface area contributed by atoms with Gasteiger partial charge in [0.25, 0.3) is 0 Å². The third-order valence-corrected chi connectivity index (χ3v) is 4.65. The Balaban J connectivity index is 1.83. The van der Waals surface area contributed by atoms with Crippen molar-refractivity contribution >= 4 is 10.9 Å². The van der Waals surface area contributed by atoms with Crippen molar-refractivity contribution in [3.8, 4) is 11.5 Å². The lowest BCUT2D eigenvalue weighted by Crippen LogP contribution is -2.30. The van der Waals surface area contributed by atoms with Crippen molar-refractivity contribution in [3.05, 3.63) is 59.0 Å². The summed E-state index contributed by atoms with van der Waals surface area (Å²) >= 11 is 0. The second kappa shape index (κ2) is 5.83. The molecule has 0 bridgehead atoms. The van der Waals surface area contributed by atoms with Crippen LogP contribution < -0.4 is 14.8 Å². The van der Waals surface area contributed by atoms with E-state index < -0.39 is 0 Å². The lowest BCUT2D eigenvalue weighted by molar-refractivity contribution is 0.354. The molecule has 1 atom stereocenters. The zero-order valence-corrected chi connectivity index (χ0v) is 13.7. The fourth-order valence-corrected chi connectivity index (χ4v) is 3.52. The highest BCUT2D eigenvalue weighted by Gasteiger charge is 2.26. The van der Waals surface area contributed by atoms with Crippen molar-refractivity contribution in [2.24, 2.45) is 0 Å². The van der Waals surface area contributed by atoms with Crippen LogP contribution in [-0.4, -0.2) is 25.7 Å². The molecule has 3 aromatic rings. The Kier molecular flexibility index (Phi) is 3.65. The summed E-state index contributed by atoms with van der Waals surface area (Å²) in [6.07, 6.45) is 0.878. The molecule has 0 radical (unpaired) electrons. The Labute approximate surface area is 139 Å². The first-order valence-corrected chi connectivity index (χ1v) is 7.96. The van der Waals surface area contributed by atoms with Crippen molar-refractivity contribution in [2.45, 2.75) is 12.5 Å². The molecule has 5 heteroatoms. The lowest BCUT2D eigenvalue weighted by Gasteiger charge is -2.25. The minimum atomic E-state index is -0.203. The van der Waals surface area contributed by atoms with Crippen LogP contribution in [0.25, 0.3) is 10.9 Å². The molecule has 0 spiro atoms. The number of methoxy groups -OCH3 is 2. The first-order valence-electron chi connectivity index (χ1n) is 7.96. The van der Waals surface area contributed by atoms with E-state index in [9.17, 15) is 4.39 Å². The number of hydrogen-bond donors (Lipinski definition) is 2. The smallest absolute Gasteiger partial charge is 0.161 e. The molecule has 1 unspecified atom stereocenters. The third kappa shape index (κ3) is 2.32. The number of H-pyrrole nitrogens is 1. The normalized spacial score (nSPS) is 16.9. The van der Waals surface area contributed by atoms with Gasteiger partial charge in [-0.2, -0.15) is 0 Å². The van der Waals surface area contributed by atoms with Crippen molar-refractivity contribution in [2.75, 3.05) is 20.8 Å². The van der Waals surface area contributed by atoms with Crippen LogP contribution in [0.15, 0.2) is 36.4 Å². The average molecular weight is 326 g/mol. The molecule has 2 heterocycles. The first-order chi connectivity index (χ1) is 11.7. The highest BCUT2D eigenvalue weighted by Crippen LogP contribution is 2.37. The molecule has 0 amide bonds. The minimum absolute atomic E-state index is 0.0176. The molecule has 2 N–H and O–H groups in total. The quantitative estimate of drug-likeness (QED) is 0.774. The van der Waals surface area contributed by atoms with E-state index in [1.165, 1.54) is 11.6 Å². The Morgan fingerprint density at radius 2 is 1.88 bits per heavy atom. The maximum atomic E-state index is 13.6. The van der Waals surface area contributed by atoms with Crippen LogP contribution in [0, 0.1) is 5.82 Å². The molecule has 1 aromatic heterocycles. The van der Waals surface area contributed by atoms with Crippen LogP contribution in [0.2, 0.25) is 0 Å². The van der Waals surface area contributed by atoms with E-state index in [4.69, 9.17) is 9.47 Å². The van der Waals surface area contributed by atoms with Gasteiger partial charge in [-0.1, -0.05) is 6.07 Å². The zero-order valence-electron chi connectivity index (χ0n) is 13.7. The summed E-state index contributed by atoms with van der Waals surface area (Å²) in [4.78, 5) is 3.46. The molecular formula is C19H19FN2O2. The van der Waals surface area contributed by atoms with Crippen molar-refractivity contribution in [1.82, 2.24) is 10.3 Å². The summed E-state index contributed by atoms with van der Waals surface area (Å²) in [7, 11) is 3.26. The maximum Gasteiger partial charge on any atom is 0.161 e. The molecule has 2 aromatic carbocycles. The standard InChI is InChI=1S/C19H19FN2O2/c1-23-16-6-3-11(9-17(16)24-2)18-19-13(7-8-21-18)14-10-12(20)4-5-15(14)22-19/h3-6,9-10,18,21-22H,7-8H2,1-2H3. The molecule has 0 aliphatic carbocycles. The second-order valence-corrected chi connectivity index (χ2v) is 5.96. The SMILES string of the molecule is COc1ccc(C2NCCc3c2[nH]c2ccc(F)cc32)cc1OC. The van der Waals surface area contributed by atoms with E-state index in [1.807, 2.05) is 18.2 Å². The van der Waals surface area contributed by atoms with Gasteiger partial charge in [0.2, 0.25) is 0 Å². The summed E-state index contributed by atoms with van der Waals surface area (Å²) in [6.45, 7) is 0.843. The monoisotopic (exact) mass is 326 g/mol. The van der Waals surface area contributed by atoms with E-state index in [2.05, 4.69) is 10.3 Å². The largest absolute Gasteiger partial charge is 0.493 e. The van der Waals surface area contributed by atoms with Gasteiger partial charge in [-0.05, 0) is 47.9 Å². The average Bonchev–Trinajstić information content (AvgIpc) is 2.99. The van der Waals surface area contributed by atoms with E-state index in [0.717, 1.165) is 35.1 Å². The summed E-state index contributed by atoms with van der Waals surface area (Å²) in [5.41, 5.74) is 4.33. The number of rotatable bonds is 3. The van der Waals surface area contributed by atoms with Gasteiger partial charge < -0.3 is 19.8 Å². The summed E-state index contributed by atoms with van der Waals surface area (Å²) in [5.74, 6) is 1.20. The van der Waals surface area contributed by atoms with Gasteiger partial charge in [0.1, 0.15) is 5.82 Å². The molecule has 0 saturated heterocycles. The maximum absolute atomic E-state index is 13.6. The predicted molar refractivity (Wildman–Crippen MR) is 91.4 cm³/mol. The predicted octanol–water partition coefficient (Wildman–Crippen LogP) is 3.56. The van der Waals surface area contributed by atoms with Gasteiger partial charge in [-0.3, -0.25) is 0 Å². The van der Waals surface area contributed by atoms with Gasteiger partial charge >= 0.3 is 0 Å². The number of ether oxygens (including phenoxy) is 2. The van der Waals surface area contributed by atoms with Crippen molar-refractivity contribution in [1.29, 1.82) is 0 Å². The number of halogens is 1. The van der Waals surface area contributed by atoms with Crippen LogP contribution in [-0.2, 0) is 6.42 Å². The number of fused-ring (bicyclic) bond motifs is 3. The molecule has 124 valence electrons. The molecule has 24 heavy (non-hydrogen) atoms. The number of hydrogen-bond acceptors (Lipinski definition) is 3. The number of aromatic nitrogens is 1. The highest BCUT2D eigenvalue weighted by molar-refractivity contribution is 5.85. The van der Waals surface area contributed by atoms with E-state index in [1.54, 1.807) is 26.4 Å². The van der Waals surface area contributed by atoms with Gasteiger partial charge in [-0.15, -0.1) is 0 Å². The van der Waals surface area contributed by atoms with E-state index in [-0.39, 0.29) is 11.9 Å². The summed E-state index contributed by atoms with van der Waals surface area (Å²) < 4.78 is 24.4. The summed E-state index contributed by atoms with van der Waals surface area (Å²) in [5, 5.41) is 4.50. The Morgan fingerprint density at radius 3 is 2.67 bits per heavy atom. The topological polar surface area (TPSA) is 46.3 Å². The van der Waals surface area contributed by atoms with Gasteiger partial charge in [0.15, 0.2) is 11.5 Å². The molecule has 1 aliphatic heterocycles. The first kappa shape index (κ1) is 15.0. The molecule has 4 nitrogen and oxygen atoms in total. The molecular weight excluding hydrogens is 307 g/mol. The third-order valence-electron chi connectivity index (χ3n) is 4.65. The summed E-state index contributed by atoms with van der Waals surface area (Å²) in [6, 6.07) is 10.8. The van der Waals surface area contributed by atoms with Crippen LogP contribution in [0.4, 0.5) is 4.39 Å². The molecule has 0 saturated carbocycles. The minimum Gasteiger partial charge on any atom is -0.493 e. The highest BCUT2D eigenvalue weighted by atomic mass is 19.1. The number of aromatic amines is 1. The van der Waals surface area contributed by atoms with Crippen molar-refractivity contribution in [3.63, 3.8) is 0 Å². The Morgan fingerprint density at radius 1 is 1.04 bits per heavy atom. The van der Waals surface area contributed by atoms with Gasteiger partial charge in [0, 0.05) is 23.1 Å². The lowest BCUT2D eigenvalue weighted by atomic mass is 9.94. The molecule has 1 aliphatic rings. The van der Waals surface area contributed by atoms with E-state index >= 15 is 0 Å². The van der Waals surface area contributed by atoms with Crippen LogP contribution in [0.5, 0.6) is 11.5 Å². The van der Waals surface area contributed by atoms with Gasteiger partial charge in [-0.25, -0.2) is 4.39 Å². The zero-order chi connectivity index (χ0) is 16.7. The van der Waals surface area contributed by atoms with Crippen LogP contribution in [0.3, 0.4) is 0 Å². The molecule has 0 fully saturated rings. The number of nitrogens with one attached hydrogen (secondary N) is 2. The fourth-order valence-electron chi connectivity index (χ4n) is 3.52. The second-order valence-electron chi connectivity index (χ2n) is 5.96. The van der Waals surface area contributed by atoms with Crippen molar-refractivity contribution < 1.29 is 13.9 Å². The van der Waals surface area contributed by atoms with Gasteiger partial charge in [0.05, 0.1) is 20.3 Å². The number of benzene rings is 2. The van der Waals surface area contributed by atoms with E-state index in [0.29, 0.717) is 11.5 Å². The Hall–Kier alpha value is -2.53. The Bertz CT molecular complexity index is 904. The van der Waals surface area contributed by atoms with Crippen LogP contribution in [0.1, 0.15) is 22.9 Å². The fraction of sp³-hybridized carbons (Fsp3) is 0.263. The molecule has 4 rings (SSSR count). The van der Waals surface area contributed by atoms with Crippen LogP contribution >= 0.6 is 0 Å².